The fraction of sp³-hybridized carbons (Fsp3) is 0.588. The van der Waals surface area contributed by atoms with Crippen molar-refractivity contribution in [3.8, 4) is 0 Å². The topological polar surface area (TPSA) is 34.8 Å². The van der Waals surface area contributed by atoms with Gasteiger partial charge in [-0.15, -0.1) is 0 Å². The number of hydrogen-bond donors (Lipinski definition) is 1. The predicted octanol–water partition coefficient (Wildman–Crippen LogP) is 3.14. The zero-order valence-corrected chi connectivity index (χ0v) is 13.9. The minimum Gasteiger partial charge on any atom is -0.348 e. The van der Waals surface area contributed by atoms with E-state index in [0.29, 0.717) is 12.0 Å². The van der Waals surface area contributed by atoms with E-state index in [1.165, 1.54) is 11.3 Å². The molecule has 1 unspecified atom stereocenters. The van der Waals surface area contributed by atoms with Crippen molar-refractivity contribution in [3.63, 3.8) is 0 Å². The Labute approximate surface area is 128 Å². The summed E-state index contributed by atoms with van der Waals surface area (Å²) >= 11 is 0. The van der Waals surface area contributed by atoms with E-state index < -0.39 is 0 Å². The first-order valence-electron chi connectivity index (χ1n) is 7.96. The SMILES string of the molecule is CCNC(c1ccn(Cc2cc(CC)nn2C)c1)C(C)C. The van der Waals surface area contributed by atoms with Crippen LogP contribution in [0, 0.1) is 5.92 Å². The van der Waals surface area contributed by atoms with Crippen LogP contribution in [0.3, 0.4) is 0 Å². The molecule has 2 aromatic heterocycles. The molecule has 0 saturated heterocycles. The molecule has 0 aromatic carbocycles. The minimum absolute atomic E-state index is 0.425. The normalized spacial score (nSPS) is 13.0. The van der Waals surface area contributed by atoms with Crippen molar-refractivity contribution in [2.75, 3.05) is 6.54 Å². The fourth-order valence-corrected chi connectivity index (χ4v) is 2.78. The lowest BCUT2D eigenvalue weighted by molar-refractivity contribution is 0.421. The summed E-state index contributed by atoms with van der Waals surface area (Å²) < 4.78 is 4.24. The molecule has 21 heavy (non-hydrogen) atoms. The largest absolute Gasteiger partial charge is 0.348 e. The van der Waals surface area contributed by atoms with E-state index in [4.69, 9.17) is 0 Å². The minimum atomic E-state index is 0.425. The second-order valence-corrected chi connectivity index (χ2v) is 6.00. The standard InChI is InChI=1S/C17H28N4/c1-6-15-10-16(20(5)19-15)12-21-9-8-14(11-21)17(13(3)4)18-7-2/h8-11,13,17-18H,6-7,12H2,1-5H3. The molecule has 0 radical (unpaired) electrons. The van der Waals surface area contributed by atoms with Crippen LogP contribution in [0.5, 0.6) is 0 Å². The van der Waals surface area contributed by atoms with Crippen molar-refractivity contribution in [1.29, 1.82) is 0 Å². The lowest BCUT2D eigenvalue weighted by Crippen LogP contribution is -2.25. The Morgan fingerprint density at radius 3 is 2.62 bits per heavy atom. The van der Waals surface area contributed by atoms with Crippen molar-refractivity contribution in [3.05, 3.63) is 41.5 Å². The average Bonchev–Trinajstić information content (AvgIpc) is 3.03. The predicted molar refractivity (Wildman–Crippen MR) is 87.4 cm³/mol. The van der Waals surface area contributed by atoms with E-state index in [0.717, 1.165) is 25.2 Å². The van der Waals surface area contributed by atoms with Crippen LogP contribution in [0.25, 0.3) is 0 Å². The zero-order chi connectivity index (χ0) is 15.4. The van der Waals surface area contributed by atoms with E-state index in [9.17, 15) is 0 Å². The van der Waals surface area contributed by atoms with E-state index in [1.807, 2.05) is 11.7 Å². The Bertz CT molecular complexity index is 565. The number of aryl methyl sites for hydroxylation is 2. The Kier molecular flexibility index (Phi) is 5.23. The molecule has 0 aliphatic carbocycles. The van der Waals surface area contributed by atoms with Gasteiger partial charge in [0.1, 0.15) is 0 Å². The van der Waals surface area contributed by atoms with Crippen LogP contribution in [-0.4, -0.2) is 20.9 Å². The van der Waals surface area contributed by atoms with Crippen molar-refractivity contribution in [2.45, 2.75) is 46.7 Å². The molecule has 4 nitrogen and oxygen atoms in total. The highest BCUT2D eigenvalue weighted by molar-refractivity contribution is 5.18. The van der Waals surface area contributed by atoms with Gasteiger partial charge in [0.2, 0.25) is 0 Å². The van der Waals surface area contributed by atoms with Gasteiger partial charge in [-0.05, 0) is 36.6 Å². The summed E-state index contributed by atoms with van der Waals surface area (Å²) in [5.74, 6) is 0.587. The molecule has 1 N–H and O–H groups in total. The average molecular weight is 288 g/mol. The van der Waals surface area contributed by atoms with Gasteiger partial charge in [0.15, 0.2) is 0 Å². The summed E-state index contributed by atoms with van der Waals surface area (Å²) in [5.41, 5.74) is 3.77. The first kappa shape index (κ1) is 15.8. The maximum atomic E-state index is 4.52. The van der Waals surface area contributed by atoms with Gasteiger partial charge < -0.3 is 9.88 Å². The summed E-state index contributed by atoms with van der Waals surface area (Å²) in [5, 5.41) is 8.09. The van der Waals surface area contributed by atoms with Crippen LogP contribution in [0.4, 0.5) is 0 Å². The highest BCUT2D eigenvalue weighted by Gasteiger charge is 2.15. The van der Waals surface area contributed by atoms with Gasteiger partial charge >= 0.3 is 0 Å². The first-order valence-corrected chi connectivity index (χ1v) is 7.96. The maximum absolute atomic E-state index is 4.52. The number of hydrogen-bond acceptors (Lipinski definition) is 2. The summed E-state index contributed by atoms with van der Waals surface area (Å²) in [6.45, 7) is 10.7. The Morgan fingerprint density at radius 1 is 1.29 bits per heavy atom. The van der Waals surface area contributed by atoms with Crippen molar-refractivity contribution in [2.24, 2.45) is 13.0 Å². The number of rotatable bonds is 7. The molecular weight excluding hydrogens is 260 g/mol. The van der Waals surface area contributed by atoms with Crippen molar-refractivity contribution in [1.82, 2.24) is 19.7 Å². The molecule has 1 atom stereocenters. The van der Waals surface area contributed by atoms with Crippen LogP contribution in [-0.2, 0) is 20.0 Å². The Morgan fingerprint density at radius 2 is 2.05 bits per heavy atom. The number of nitrogens with zero attached hydrogens (tertiary/aromatic N) is 3. The van der Waals surface area contributed by atoms with Gasteiger partial charge in [-0.3, -0.25) is 4.68 Å². The second kappa shape index (κ2) is 6.94. The summed E-state index contributed by atoms with van der Waals surface area (Å²) in [6.07, 6.45) is 5.41. The fourth-order valence-electron chi connectivity index (χ4n) is 2.78. The van der Waals surface area contributed by atoms with E-state index in [-0.39, 0.29) is 0 Å². The number of aromatic nitrogens is 3. The van der Waals surface area contributed by atoms with Crippen LogP contribution >= 0.6 is 0 Å². The van der Waals surface area contributed by atoms with Gasteiger partial charge in [0.25, 0.3) is 0 Å². The smallest absolute Gasteiger partial charge is 0.0639 e. The third-order valence-electron chi connectivity index (χ3n) is 3.96. The molecule has 2 rings (SSSR count). The summed E-state index contributed by atoms with van der Waals surface area (Å²) in [4.78, 5) is 0. The quantitative estimate of drug-likeness (QED) is 0.849. The van der Waals surface area contributed by atoms with Gasteiger partial charge in [-0.2, -0.15) is 5.10 Å². The van der Waals surface area contributed by atoms with Crippen LogP contribution in [0.1, 0.15) is 50.7 Å². The molecule has 2 heterocycles. The van der Waals surface area contributed by atoms with Gasteiger partial charge in [-0.1, -0.05) is 27.7 Å². The van der Waals surface area contributed by atoms with E-state index >= 15 is 0 Å². The highest BCUT2D eigenvalue weighted by atomic mass is 15.3. The molecule has 0 amide bonds. The highest BCUT2D eigenvalue weighted by Crippen LogP contribution is 2.22. The molecule has 2 aromatic rings. The third-order valence-corrected chi connectivity index (χ3v) is 3.96. The lowest BCUT2D eigenvalue weighted by Gasteiger charge is -2.20. The second-order valence-electron chi connectivity index (χ2n) is 6.00. The molecule has 0 aliphatic heterocycles. The zero-order valence-electron chi connectivity index (χ0n) is 13.9. The van der Waals surface area contributed by atoms with Crippen molar-refractivity contribution >= 4 is 0 Å². The number of nitrogens with one attached hydrogen (secondary N) is 1. The first-order chi connectivity index (χ1) is 10.0. The molecule has 4 heteroatoms. The molecule has 0 saturated carbocycles. The lowest BCUT2D eigenvalue weighted by atomic mass is 9.98. The van der Waals surface area contributed by atoms with Crippen LogP contribution in [0.2, 0.25) is 0 Å². The monoisotopic (exact) mass is 288 g/mol. The third kappa shape index (κ3) is 3.76. The van der Waals surface area contributed by atoms with Crippen LogP contribution in [0.15, 0.2) is 24.5 Å². The van der Waals surface area contributed by atoms with E-state index in [2.05, 4.69) is 67.2 Å². The van der Waals surface area contributed by atoms with Gasteiger partial charge in [0, 0.05) is 25.5 Å². The van der Waals surface area contributed by atoms with Gasteiger partial charge in [0.05, 0.1) is 17.9 Å². The molecule has 0 fully saturated rings. The Balaban J connectivity index is 2.13. The van der Waals surface area contributed by atoms with Gasteiger partial charge in [-0.25, -0.2) is 0 Å². The maximum Gasteiger partial charge on any atom is 0.0639 e. The molecule has 116 valence electrons. The molecular formula is C17H28N4. The molecule has 0 aliphatic rings. The van der Waals surface area contributed by atoms with E-state index in [1.54, 1.807) is 0 Å². The molecule has 0 bridgehead atoms. The summed E-state index contributed by atoms with van der Waals surface area (Å²) in [7, 11) is 2.02. The van der Waals surface area contributed by atoms with Crippen molar-refractivity contribution < 1.29 is 0 Å². The van der Waals surface area contributed by atoms with Crippen LogP contribution < -0.4 is 5.32 Å². The molecule has 0 spiro atoms. The Hall–Kier alpha value is -1.55. The summed E-state index contributed by atoms with van der Waals surface area (Å²) in [6, 6.07) is 4.85.